The largest absolute Gasteiger partial charge is 0.396 e. The summed E-state index contributed by atoms with van der Waals surface area (Å²) in [6.45, 7) is 4.17. The molecule has 1 aromatic rings. The lowest BCUT2D eigenvalue weighted by Gasteiger charge is -2.18. The number of benzene rings is 1. The Morgan fingerprint density at radius 1 is 1.33 bits per heavy atom. The zero-order chi connectivity index (χ0) is 13.0. The molecule has 0 heterocycles. The highest BCUT2D eigenvalue weighted by Gasteiger charge is 2.25. The second-order valence-electron chi connectivity index (χ2n) is 5.36. The summed E-state index contributed by atoms with van der Waals surface area (Å²) in [6, 6.07) is 6.18. The quantitative estimate of drug-likeness (QED) is 0.859. The van der Waals surface area contributed by atoms with Gasteiger partial charge in [-0.15, -0.1) is 0 Å². The Labute approximate surface area is 114 Å². The summed E-state index contributed by atoms with van der Waals surface area (Å²) >= 11 is 6.20. The van der Waals surface area contributed by atoms with Crippen molar-refractivity contribution < 1.29 is 5.11 Å². The molecule has 2 unspecified atom stereocenters. The topological polar surface area (TPSA) is 32.3 Å². The molecular formula is C15H22ClNO. The number of aryl methyl sites for hydroxylation is 1. The van der Waals surface area contributed by atoms with Gasteiger partial charge in [-0.25, -0.2) is 0 Å². The molecule has 0 saturated heterocycles. The van der Waals surface area contributed by atoms with Gasteiger partial charge in [0.2, 0.25) is 0 Å². The fourth-order valence-corrected chi connectivity index (χ4v) is 3.11. The molecule has 18 heavy (non-hydrogen) atoms. The summed E-state index contributed by atoms with van der Waals surface area (Å²) in [4.78, 5) is 0. The Bertz CT molecular complexity index is 394. The monoisotopic (exact) mass is 267 g/mol. The number of halogens is 1. The number of rotatable bonds is 5. The van der Waals surface area contributed by atoms with Gasteiger partial charge in [0, 0.05) is 18.2 Å². The van der Waals surface area contributed by atoms with Crippen molar-refractivity contribution in [2.45, 2.75) is 32.7 Å². The number of aliphatic hydroxyl groups excluding tert-OH is 1. The van der Waals surface area contributed by atoms with Crippen LogP contribution in [0.2, 0.25) is 5.02 Å². The Hall–Kier alpha value is -0.570. The fraction of sp³-hybridized carbons (Fsp3) is 0.600. The van der Waals surface area contributed by atoms with Crippen molar-refractivity contribution in [3.8, 4) is 0 Å². The minimum absolute atomic E-state index is 0.331. The average Bonchev–Trinajstić information content (AvgIpc) is 2.79. The predicted octanol–water partition coefficient (Wildman–Crippen LogP) is 3.15. The van der Waals surface area contributed by atoms with Crippen LogP contribution in [0, 0.1) is 18.8 Å². The van der Waals surface area contributed by atoms with E-state index in [2.05, 4.69) is 17.4 Å². The molecule has 0 aliphatic heterocycles. The number of hydrogen-bond acceptors (Lipinski definition) is 2. The molecule has 0 aromatic heterocycles. The molecule has 0 radical (unpaired) electrons. The summed E-state index contributed by atoms with van der Waals surface area (Å²) in [6.07, 6.45) is 3.66. The summed E-state index contributed by atoms with van der Waals surface area (Å²) in [5.74, 6) is 1.12. The second-order valence-corrected chi connectivity index (χ2v) is 5.77. The lowest BCUT2D eigenvalue weighted by Crippen LogP contribution is -2.26. The molecule has 0 amide bonds. The van der Waals surface area contributed by atoms with Crippen LogP contribution in [0.1, 0.15) is 30.4 Å². The van der Waals surface area contributed by atoms with Crippen LogP contribution >= 0.6 is 11.6 Å². The molecule has 1 aliphatic carbocycles. The van der Waals surface area contributed by atoms with Gasteiger partial charge in [0.25, 0.3) is 0 Å². The maximum absolute atomic E-state index is 9.28. The molecular weight excluding hydrogens is 246 g/mol. The summed E-state index contributed by atoms with van der Waals surface area (Å²) in [7, 11) is 0. The van der Waals surface area contributed by atoms with E-state index in [1.807, 2.05) is 13.0 Å². The van der Waals surface area contributed by atoms with E-state index < -0.39 is 0 Å². The molecule has 1 aliphatic rings. The Kier molecular flexibility index (Phi) is 5.04. The van der Waals surface area contributed by atoms with Crippen LogP contribution in [0.3, 0.4) is 0 Å². The second kappa shape index (κ2) is 6.55. The highest BCUT2D eigenvalue weighted by molar-refractivity contribution is 6.31. The van der Waals surface area contributed by atoms with Crippen LogP contribution < -0.4 is 5.32 Å². The average molecular weight is 268 g/mol. The fourth-order valence-electron chi connectivity index (χ4n) is 2.81. The minimum atomic E-state index is 0.331. The highest BCUT2D eigenvalue weighted by Crippen LogP contribution is 2.30. The van der Waals surface area contributed by atoms with E-state index in [0.29, 0.717) is 18.4 Å². The normalized spacial score (nSPS) is 23.5. The van der Waals surface area contributed by atoms with E-state index in [4.69, 9.17) is 11.6 Å². The molecule has 1 fully saturated rings. The molecule has 100 valence electrons. The van der Waals surface area contributed by atoms with Crippen LogP contribution in [-0.2, 0) is 6.54 Å². The van der Waals surface area contributed by atoms with Gasteiger partial charge in [-0.1, -0.05) is 30.2 Å². The first kappa shape index (κ1) is 13.9. The molecule has 1 aromatic carbocycles. The smallest absolute Gasteiger partial charge is 0.0462 e. The zero-order valence-electron chi connectivity index (χ0n) is 11.0. The molecule has 1 saturated carbocycles. The first-order chi connectivity index (χ1) is 8.70. The van der Waals surface area contributed by atoms with Crippen molar-refractivity contribution in [2.75, 3.05) is 13.2 Å². The Morgan fingerprint density at radius 3 is 2.83 bits per heavy atom. The van der Waals surface area contributed by atoms with E-state index in [1.165, 1.54) is 24.8 Å². The molecule has 2 atom stereocenters. The molecule has 2 nitrogen and oxygen atoms in total. The third kappa shape index (κ3) is 3.47. The van der Waals surface area contributed by atoms with Gasteiger partial charge in [0.05, 0.1) is 0 Å². The van der Waals surface area contributed by atoms with Gasteiger partial charge >= 0.3 is 0 Å². The van der Waals surface area contributed by atoms with Gasteiger partial charge in [0.1, 0.15) is 0 Å². The van der Waals surface area contributed by atoms with Crippen LogP contribution in [-0.4, -0.2) is 18.3 Å². The standard InChI is InChI=1S/C15H22ClNO/c1-11-5-6-13(15(16)7-11)9-17-8-12-3-2-4-14(12)10-18/h5-7,12,14,17-18H,2-4,8-10H2,1H3. The van der Waals surface area contributed by atoms with Gasteiger partial charge < -0.3 is 10.4 Å². The third-order valence-corrected chi connectivity index (χ3v) is 4.33. The van der Waals surface area contributed by atoms with Gasteiger partial charge in [-0.3, -0.25) is 0 Å². The van der Waals surface area contributed by atoms with Crippen LogP contribution in [0.15, 0.2) is 18.2 Å². The van der Waals surface area contributed by atoms with Crippen molar-refractivity contribution in [1.82, 2.24) is 5.32 Å². The van der Waals surface area contributed by atoms with E-state index >= 15 is 0 Å². The first-order valence-electron chi connectivity index (χ1n) is 6.77. The predicted molar refractivity (Wildman–Crippen MR) is 75.8 cm³/mol. The first-order valence-corrected chi connectivity index (χ1v) is 7.15. The highest BCUT2D eigenvalue weighted by atomic mass is 35.5. The third-order valence-electron chi connectivity index (χ3n) is 3.98. The van der Waals surface area contributed by atoms with Crippen molar-refractivity contribution in [2.24, 2.45) is 11.8 Å². The molecule has 2 rings (SSSR count). The lowest BCUT2D eigenvalue weighted by molar-refractivity contribution is 0.192. The maximum atomic E-state index is 9.28. The van der Waals surface area contributed by atoms with Crippen molar-refractivity contribution in [1.29, 1.82) is 0 Å². The number of hydrogen-bond donors (Lipinski definition) is 2. The Morgan fingerprint density at radius 2 is 2.11 bits per heavy atom. The number of nitrogens with one attached hydrogen (secondary N) is 1. The minimum Gasteiger partial charge on any atom is -0.396 e. The molecule has 0 spiro atoms. The Balaban J connectivity index is 1.81. The van der Waals surface area contributed by atoms with Crippen molar-refractivity contribution in [3.05, 3.63) is 34.3 Å². The van der Waals surface area contributed by atoms with E-state index in [-0.39, 0.29) is 0 Å². The molecule has 3 heteroatoms. The van der Waals surface area contributed by atoms with E-state index in [9.17, 15) is 5.11 Å². The lowest BCUT2D eigenvalue weighted by atomic mass is 9.97. The summed E-state index contributed by atoms with van der Waals surface area (Å²) in [5, 5.41) is 13.6. The van der Waals surface area contributed by atoms with Crippen LogP contribution in [0.5, 0.6) is 0 Å². The van der Waals surface area contributed by atoms with E-state index in [1.54, 1.807) is 0 Å². The van der Waals surface area contributed by atoms with Crippen molar-refractivity contribution in [3.63, 3.8) is 0 Å². The molecule has 0 bridgehead atoms. The van der Waals surface area contributed by atoms with Crippen molar-refractivity contribution >= 4 is 11.6 Å². The van der Waals surface area contributed by atoms with Gasteiger partial charge in [-0.2, -0.15) is 0 Å². The summed E-state index contributed by atoms with van der Waals surface area (Å²) < 4.78 is 0. The van der Waals surface area contributed by atoms with E-state index in [0.717, 1.165) is 23.7 Å². The number of aliphatic hydroxyl groups is 1. The summed E-state index contributed by atoms with van der Waals surface area (Å²) in [5.41, 5.74) is 2.35. The van der Waals surface area contributed by atoms with Gasteiger partial charge in [0.15, 0.2) is 0 Å². The molecule has 2 N–H and O–H groups in total. The van der Waals surface area contributed by atoms with Crippen LogP contribution in [0.25, 0.3) is 0 Å². The van der Waals surface area contributed by atoms with Gasteiger partial charge in [-0.05, 0) is 55.3 Å². The van der Waals surface area contributed by atoms with Crippen LogP contribution in [0.4, 0.5) is 0 Å². The maximum Gasteiger partial charge on any atom is 0.0462 e. The zero-order valence-corrected chi connectivity index (χ0v) is 11.7. The SMILES string of the molecule is Cc1ccc(CNCC2CCCC2CO)c(Cl)c1.